The summed E-state index contributed by atoms with van der Waals surface area (Å²) in [5, 5.41) is 9.16. The van der Waals surface area contributed by atoms with Crippen molar-refractivity contribution in [2.75, 3.05) is 7.05 Å². The number of amides is 1. The zero-order chi connectivity index (χ0) is 15.7. The second-order valence-electron chi connectivity index (χ2n) is 6.63. The summed E-state index contributed by atoms with van der Waals surface area (Å²) in [4.78, 5) is 25.5. The minimum absolute atomic E-state index is 0.0307. The second kappa shape index (κ2) is 6.11. The Balaban J connectivity index is 1.74. The van der Waals surface area contributed by atoms with Crippen LogP contribution in [0.1, 0.15) is 66.1 Å². The van der Waals surface area contributed by atoms with Gasteiger partial charge in [-0.2, -0.15) is 0 Å². The lowest BCUT2D eigenvalue weighted by Crippen LogP contribution is -2.31. The summed E-state index contributed by atoms with van der Waals surface area (Å²) in [6.07, 6.45) is 7.28. The Morgan fingerprint density at radius 1 is 1.23 bits per heavy atom. The van der Waals surface area contributed by atoms with Gasteiger partial charge in [0.25, 0.3) is 0 Å². The van der Waals surface area contributed by atoms with Crippen LogP contribution in [0.25, 0.3) is 0 Å². The van der Waals surface area contributed by atoms with Gasteiger partial charge in [0.2, 0.25) is 5.91 Å². The van der Waals surface area contributed by atoms with E-state index in [1.807, 2.05) is 18.0 Å². The molecule has 0 unspecified atom stereocenters. The van der Waals surface area contributed by atoms with Crippen molar-refractivity contribution in [1.29, 1.82) is 0 Å². The third kappa shape index (κ3) is 2.87. The molecule has 22 heavy (non-hydrogen) atoms. The number of aryl methyl sites for hydroxylation is 1. The van der Waals surface area contributed by atoms with Crippen molar-refractivity contribution in [2.24, 2.45) is 5.92 Å². The highest BCUT2D eigenvalue weighted by Gasteiger charge is 2.30. The first-order valence-corrected chi connectivity index (χ1v) is 8.18. The smallest absolute Gasteiger partial charge is 0.335 e. The fourth-order valence-corrected chi connectivity index (χ4v) is 3.90. The fraction of sp³-hybridized carbons (Fsp3) is 0.556. The molecule has 1 N–H and O–H groups in total. The third-order valence-corrected chi connectivity index (χ3v) is 5.24. The van der Waals surface area contributed by atoms with E-state index in [1.54, 1.807) is 12.1 Å². The van der Waals surface area contributed by atoms with Crippen LogP contribution in [0.5, 0.6) is 0 Å². The van der Waals surface area contributed by atoms with E-state index in [9.17, 15) is 9.59 Å². The molecule has 0 radical (unpaired) electrons. The number of carboxylic acids is 1. The van der Waals surface area contributed by atoms with Gasteiger partial charge in [-0.1, -0.05) is 18.9 Å². The molecule has 0 aliphatic heterocycles. The molecule has 0 heterocycles. The van der Waals surface area contributed by atoms with Crippen LogP contribution in [0.15, 0.2) is 18.2 Å². The lowest BCUT2D eigenvalue weighted by Gasteiger charge is -2.27. The standard InChI is InChI=1S/C18H23NO3/c1-19(17(20)10-12-4-2-3-5-12)16-9-8-13-6-7-14(18(21)22)11-15(13)16/h6-7,11-12,16H,2-5,8-10H2,1H3,(H,21,22)/t16-/m1/s1. The highest BCUT2D eigenvalue weighted by Crippen LogP contribution is 2.37. The molecule has 1 amide bonds. The Kier molecular flexibility index (Phi) is 4.19. The van der Waals surface area contributed by atoms with E-state index in [4.69, 9.17) is 5.11 Å². The quantitative estimate of drug-likeness (QED) is 0.927. The van der Waals surface area contributed by atoms with Gasteiger partial charge in [0.15, 0.2) is 0 Å². The Morgan fingerprint density at radius 2 is 1.95 bits per heavy atom. The maximum absolute atomic E-state index is 12.5. The van der Waals surface area contributed by atoms with Crippen molar-refractivity contribution in [2.45, 2.75) is 51.0 Å². The normalized spacial score (nSPS) is 20.9. The van der Waals surface area contributed by atoms with Gasteiger partial charge < -0.3 is 10.0 Å². The number of carbonyl (C=O) groups excluding carboxylic acids is 1. The van der Waals surface area contributed by atoms with Crippen LogP contribution in [0.4, 0.5) is 0 Å². The Hall–Kier alpha value is -1.84. The van der Waals surface area contributed by atoms with Crippen molar-refractivity contribution in [3.8, 4) is 0 Å². The molecule has 1 aromatic rings. The van der Waals surface area contributed by atoms with Crippen molar-refractivity contribution in [3.05, 3.63) is 34.9 Å². The van der Waals surface area contributed by atoms with E-state index >= 15 is 0 Å². The van der Waals surface area contributed by atoms with Gasteiger partial charge in [-0.05, 0) is 54.9 Å². The molecule has 4 nitrogen and oxygen atoms in total. The zero-order valence-electron chi connectivity index (χ0n) is 13.0. The molecule has 2 aliphatic carbocycles. The SMILES string of the molecule is CN(C(=O)CC1CCCC1)[C@@H]1CCc2ccc(C(=O)O)cc21. The molecule has 118 valence electrons. The molecule has 0 bridgehead atoms. The maximum atomic E-state index is 12.5. The summed E-state index contributed by atoms with van der Waals surface area (Å²) in [6.45, 7) is 0. The molecule has 4 heteroatoms. The van der Waals surface area contributed by atoms with Crippen molar-refractivity contribution >= 4 is 11.9 Å². The Morgan fingerprint density at radius 3 is 2.64 bits per heavy atom. The number of hydrogen-bond donors (Lipinski definition) is 1. The highest BCUT2D eigenvalue weighted by atomic mass is 16.4. The predicted molar refractivity (Wildman–Crippen MR) is 83.8 cm³/mol. The number of fused-ring (bicyclic) bond motifs is 1. The largest absolute Gasteiger partial charge is 0.478 e. The number of hydrogen-bond acceptors (Lipinski definition) is 2. The number of carboxylic acid groups (broad SMARTS) is 1. The van der Waals surface area contributed by atoms with Crippen molar-refractivity contribution in [1.82, 2.24) is 4.90 Å². The molecular formula is C18H23NO3. The van der Waals surface area contributed by atoms with Crippen molar-refractivity contribution < 1.29 is 14.7 Å². The predicted octanol–water partition coefficient (Wildman–Crippen LogP) is 3.41. The number of carbonyl (C=O) groups is 2. The molecule has 2 aliphatic rings. The van der Waals surface area contributed by atoms with E-state index in [2.05, 4.69) is 0 Å². The van der Waals surface area contributed by atoms with Crippen molar-refractivity contribution in [3.63, 3.8) is 0 Å². The van der Waals surface area contributed by atoms with Gasteiger partial charge in [-0.25, -0.2) is 4.79 Å². The topological polar surface area (TPSA) is 57.6 Å². The summed E-state index contributed by atoms with van der Waals surface area (Å²) in [5.41, 5.74) is 2.50. The van der Waals surface area contributed by atoms with E-state index in [0.717, 1.165) is 18.4 Å². The van der Waals surface area contributed by atoms with Crippen LogP contribution in [0, 0.1) is 5.92 Å². The van der Waals surface area contributed by atoms with Gasteiger partial charge in [0.1, 0.15) is 0 Å². The average molecular weight is 301 g/mol. The number of nitrogens with zero attached hydrogens (tertiary/aromatic N) is 1. The lowest BCUT2D eigenvalue weighted by atomic mass is 10.0. The highest BCUT2D eigenvalue weighted by molar-refractivity contribution is 5.88. The van der Waals surface area contributed by atoms with Gasteiger partial charge in [-0.15, -0.1) is 0 Å². The molecule has 1 aromatic carbocycles. The first kappa shape index (κ1) is 15.1. The second-order valence-corrected chi connectivity index (χ2v) is 6.63. The van der Waals surface area contributed by atoms with Gasteiger partial charge in [-0.3, -0.25) is 4.79 Å². The molecule has 1 fully saturated rings. The Labute approximate surface area is 131 Å². The summed E-state index contributed by atoms with van der Waals surface area (Å²) < 4.78 is 0. The minimum Gasteiger partial charge on any atom is -0.478 e. The van der Waals surface area contributed by atoms with Gasteiger partial charge >= 0.3 is 5.97 Å². The van der Waals surface area contributed by atoms with Gasteiger partial charge in [0.05, 0.1) is 11.6 Å². The first-order chi connectivity index (χ1) is 10.6. The fourth-order valence-electron chi connectivity index (χ4n) is 3.90. The van der Waals surface area contributed by atoms with E-state index in [-0.39, 0.29) is 11.9 Å². The van der Waals surface area contributed by atoms with Crippen LogP contribution in [0.2, 0.25) is 0 Å². The first-order valence-electron chi connectivity index (χ1n) is 8.18. The van der Waals surface area contributed by atoms with Crippen LogP contribution >= 0.6 is 0 Å². The van der Waals surface area contributed by atoms with Crippen LogP contribution in [0.3, 0.4) is 0 Å². The van der Waals surface area contributed by atoms with Crippen LogP contribution in [-0.4, -0.2) is 28.9 Å². The summed E-state index contributed by atoms with van der Waals surface area (Å²) >= 11 is 0. The minimum atomic E-state index is -0.909. The summed E-state index contributed by atoms with van der Waals surface area (Å²) in [5.74, 6) is -0.167. The molecule has 0 aromatic heterocycles. The molecule has 1 saturated carbocycles. The average Bonchev–Trinajstić information content (AvgIpc) is 3.14. The van der Waals surface area contributed by atoms with Gasteiger partial charge in [0, 0.05) is 13.5 Å². The molecule has 3 rings (SSSR count). The van der Waals surface area contributed by atoms with E-state index in [1.165, 1.54) is 31.2 Å². The number of rotatable bonds is 4. The molecular weight excluding hydrogens is 278 g/mol. The summed E-state index contributed by atoms with van der Waals surface area (Å²) in [6, 6.07) is 5.33. The zero-order valence-corrected chi connectivity index (χ0v) is 13.0. The van der Waals surface area contributed by atoms with E-state index in [0.29, 0.717) is 17.9 Å². The Bertz CT molecular complexity index is 590. The van der Waals surface area contributed by atoms with Crippen LogP contribution < -0.4 is 0 Å². The van der Waals surface area contributed by atoms with Crippen LogP contribution in [-0.2, 0) is 11.2 Å². The summed E-state index contributed by atoms with van der Waals surface area (Å²) in [7, 11) is 1.87. The number of benzene rings is 1. The molecule has 1 atom stereocenters. The number of aromatic carboxylic acids is 1. The third-order valence-electron chi connectivity index (χ3n) is 5.24. The van der Waals surface area contributed by atoms with E-state index < -0.39 is 5.97 Å². The maximum Gasteiger partial charge on any atom is 0.335 e. The molecule has 0 saturated heterocycles. The lowest BCUT2D eigenvalue weighted by molar-refractivity contribution is -0.133. The monoisotopic (exact) mass is 301 g/mol. The molecule has 0 spiro atoms.